The van der Waals surface area contributed by atoms with Gasteiger partial charge in [-0.25, -0.2) is 0 Å². The number of rotatable bonds is 7. The molecule has 1 aliphatic heterocycles. The van der Waals surface area contributed by atoms with E-state index in [0.717, 1.165) is 36.5 Å². The van der Waals surface area contributed by atoms with E-state index in [2.05, 4.69) is 55.4 Å². The van der Waals surface area contributed by atoms with E-state index in [9.17, 15) is 0 Å². The van der Waals surface area contributed by atoms with E-state index in [1.165, 1.54) is 12.0 Å². The number of ether oxygens (including phenoxy) is 2. The number of likely N-dealkylation sites (tertiary alicyclic amines) is 1. The zero-order valence-corrected chi connectivity index (χ0v) is 16.7. The summed E-state index contributed by atoms with van der Waals surface area (Å²) in [7, 11) is 3.58. The lowest BCUT2D eigenvalue weighted by molar-refractivity contribution is 0.0536. The van der Waals surface area contributed by atoms with Crippen molar-refractivity contribution in [3.05, 3.63) is 34.3 Å². The maximum atomic E-state index is 5.68. The molecule has 1 heterocycles. The molecule has 1 saturated carbocycles. The number of methoxy groups -OCH3 is 1. The first-order chi connectivity index (χ1) is 12.2. The van der Waals surface area contributed by atoms with Gasteiger partial charge in [-0.1, -0.05) is 28.1 Å². The van der Waals surface area contributed by atoms with Gasteiger partial charge in [0.2, 0.25) is 0 Å². The molecule has 1 aliphatic carbocycles. The standard InChI is InChI=1S/C19H28BrN3O2/c1-21-19(23-8-7-14(12-23)13-25-10-9-24-2)22-18-11-17(18)15-3-5-16(20)6-4-15/h3-6,14,17-18H,7-13H2,1-2H3,(H,21,22). The number of nitrogens with zero attached hydrogens (tertiary/aromatic N) is 2. The predicted octanol–water partition coefficient (Wildman–Crippen LogP) is 2.87. The lowest BCUT2D eigenvalue weighted by Crippen LogP contribution is -2.41. The van der Waals surface area contributed by atoms with Gasteiger partial charge in [0.1, 0.15) is 0 Å². The Kier molecular flexibility index (Phi) is 6.73. The van der Waals surface area contributed by atoms with E-state index in [1.807, 2.05) is 7.05 Å². The number of nitrogens with one attached hydrogen (secondary N) is 1. The molecule has 3 unspecified atom stereocenters. The Hall–Kier alpha value is -1.11. The third kappa shape index (κ3) is 5.19. The maximum absolute atomic E-state index is 5.68. The highest BCUT2D eigenvalue weighted by atomic mass is 79.9. The fourth-order valence-corrected chi connectivity index (χ4v) is 3.71. The van der Waals surface area contributed by atoms with Gasteiger partial charge in [-0.05, 0) is 30.5 Å². The quantitative estimate of drug-likeness (QED) is 0.427. The monoisotopic (exact) mass is 409 g/mol. The fraction of sp³-hybridized carbons (Fsp3) is 0.632. The van der Waals surface area contributed by atoms with Crippen LogP contribution in [0.1, 0.15) is 24.3 Å². The van der Waals surface area contributed by atoms with Gasteiger partial charge < -0.3 is 19.7 Å². The first-order valence-electron chi connectivity index (χ1n) is 9.01. The second-order valence-corrected chi connectivity index (χ2v) is 7.78. The van der Waals surface area contributed by atoms with Crippen molar-refractivity contribution in [3.63, 3.8) is 0 Å². The Morgan fingerprint density at radius 1 is 1.32 bits per heavy atom. The predicted molar refractivity (Wildman–Crippen MR) is 104 cm³/mol. The molecule has 0 radical (unpaired) electrons. The van der Waals surface area contributed by atoms with Gasteiger partial charge in [-0.3, -0.25) is 4.99 Å². The number of hydrogen-bond donors (Lipinski definition) is 1. The molecule has 1 aromatic carbocycles. The first kappa shape index (κ1) is 18.7. The zero-order chi connectivity index (χ0) is 17.6. The van der Waals surface area contributed by atoms with E-state index in [4.69, 9.17) is 9.47 Å². The zero-order valence-electron chi connectivity index (χ0n) is 15.1. The number of halogens is 1. The maximum Gasteiger partial charge on any atom is 0.193 e. The van der Waals surface area contributed by atoms with Gasteiger partial charge in [0.15, 0.2) is 5.96 Å². The second-order valence-electron chi connectivity index (χ2n) is 6.86. The largest absolute Gasteiger partial charge is 0.382 e. The summed E-state index contributed by atoms with van der Waals surface area (Å²) < 4.78 is 11.8. The summed E-state index contributed by atoms with van der Waals surface area (Å²) in [4.78, 5) is 6.86. The minimum atomic E-state index is 0.497. The molecular weight excluding hydrogens is 382 g/mol. The highest BCUT2D eigenvalue weighted by Crippen LogP contribution is 2.41. The molecule has 2 aliphatic rings. The summed E-state index contributed by atoms with van der Waals surface area (Å²) in [6.07, 6.45) is 2.34. The van der Waals surface area contributed by atoms with Crippen molar-refractivity contribution >= 4 is 21.9 Å². The minimum Gasteiger partial charge on any atom is -0.382 e. The van der Waals surface area contributed by atoms with Gasteiger partial charge in [0, 0.05) is 49.6 Å². The van der Waals surface area contributed by atoms with Crippen LogP contribution in [0.2, 0.25) is 0 Å². The molecule has 0 aromatic heterocycles. The topological polar surface area (TPSA) is 46.1 Å². The van der Waals surface area contributed by atoms with Crippen LogP contribution in [-0.2, 0) is 9.47 Å². The number of aliphatic imine (C=N–C) groups is 1. The second kappa shape index (κ2) is 9.01. The van der Waals surface area contributed by atoms with Gasteiger partial charge >= 0.3 is 0 Å². The van der Waals surface area contributed by atoms with Gasteiger partial charge in [-0.15, -0.1) is 0 Å². The van der Waals surface area contributed by atoms with E-state index in [0.29, 0.717) is 31.1 Å². The van der Waals surface area contributed by atoms with Crippen molar-refractivity contribution in [3.8, 4) is 0 Å². The summed E-state index contributed by atoms with van der Waals surface area (Å²) in [6, 6.07) is 9.16. The molecule has 138 valence electrons. The van der Waals surface area contributed by atoms with Crippen LogP contribution in [0.3, 0.4) is 0 Å². The Morgan fingerprint density at radius 3 is 2.84 bits per heavy atom. The fourth-order valence-electron chi connectivity index (χ4n) is 3.45. The minimum absolute atomic E-state index is 0.497. The van der Waals surface area contributed by atoms with Crippen LogP contribution >= 0.6 is 15.9 Å². The lowest BCUT2D eigenvalue weighted by Gasteiger charge is -2.22. The summed E-state index contributed by atoms with van der Waals surface area (Å²) in [5.74, 6) is 2.21. The molecular formula is C19H28BrN3O2. The molecule has 1 aromatic rings. The number of benzene rings is 1. The molecule has 2 fully saturated rings. The highest BCUT2D eigenvalue weighted by Gasteiger charge is 2.40. The Labute approximate surface area is 158 Å². The van der Waals surface area contributed by atoms with Crippen molar-refractivity contribution in [1.29, 1.82) is 0 Å². The van der Waals surface area contributed by atoms with Crippen molar-refractivity contribution in [2.75, 3.05) is 47.1 Å². The van der Waals surface area contributed by atoms with Crippen LogP contribution in [0.5, 0.6) is 0 Å². The van der Waals surface area contributed by atoms with E-state index in [1.54, 1.807) is 7.11 Å². The van der Waals surface area contributed by atoms with Crippen molar-refractivity contribution in [1.82, 2.24) is 10.2 Å². The van der Waals surface area contributed by atoms with E-state index in [-0.39, 0.29) is 0 Å². The van der Waals surface area contributed by atoms with Gasteiger partial charge in [-0.2, -0.15) is 0 Å². The molecule has 1 N–H and O–H groups in total. The summed E-state index contributed by atoms with van der Waals surface area (Å²) >= 11 is 3.50. The van der Waals surface area contributed by atoms with Crippen molar-refractivity contribution in [2.24, 2.45) is 10.9 Å². The Bertz CT molecular complexity index is 579. The average Bonchev–Trinajstić information content (AvgIpc) is 3.24. The normalized spacial score (nSPS) is 26.1. The summed E-state index contributed by atoms with van der Waals surface area (Å²) in [5, 5.41) is 3.65. The average molecular weight is 410 g/mol. The van der Waals surface area contributed by atoms with Crippen LogP contribution in [-0.4, -0.2) is 64.0 Å². The molecule has 6 heteroatoms. The van der Waals surface area contributed by atoms with E-state index < -0.39 is 0 Å². The van der Waals surface area contributed by atoms with Crippen molar-refractivity contribution < 1.29 is 9.47 Å². The molecule has 25 heavy (non-hydrogen) atoms. The molecule has 1 saturated heterocycles. The smallest absolute Gasteiger partial charge is 0.193 e. The summed E-state index contributed by atoms with van der Waals surface area (Å²) in [6.45, 7) is 4.22. The van der Waals surface area contributed by atoms with Crippen LogP contribution in [0, 0.1) is 5.92 Å². The van der Waals surface area contributed by atoms with E-state index >= 15 is 0 Å². The molecule has 0 bridgehead atoms. The van der Waals surface area contributed by atoms with Crippen LogP contribution < -0.4 is 5.32 Å². The summed E-state index contributed by atoms with van der Waals surface area (Å²) in [5.41, 5.74) is 1.40. The Balaban J connectivity index is 1.44. The third-order valence-electron chi connectivity index (χ3n) is 4.99. The number of hydrogen-bond acceptors (Lipinski definition) is 3. The van der Waals surface area contributed by atoms with Crippen LogP contribution in [0.25, 0.3) is 0 Å². The van der Waals surface area contributed by atoms with Crippen LogP contribution in [0.4, 0.5) is 0 Å². The molecule has 0 amide bonds. The van der Waals surface area contributed by atoms with Gasteiger partial charge in [0.25, 0.3) is 0 Å². The molecule has 0 spiro atoms. The Morgan fingerprint density at radius 2 is 2.12 bits per heavy atom. The SMILES string of the molecule is CN=C(NC1CC1c1ccc(Br)cc1)N1CCC(COCCOC)C1. The molecule has 5 nitrogen and oxygen atoms in total. The number of guanidine groups is 1. The molecule has 3 rings (SSSR count). The van der Waals surface area contributed by atoms with Crippen LogP contribution in [0.15, 0.2) is 33.7 Å². The first-order valence-corrected chi connectivity index (χ1v) is 9.81. The third-order valence-corrected chi connectivity index (χ3v) is 5.51. The van der Waals surface area contributed by atoms with Gasteiger partial charge in [0.05, 0.1) is 19.8 Å². The highest BCUT2D eigenvalue weighted by molar-refractivity contribution is 9.10. The lowest BCUT2D eigenvalue weighted by atomic mass is 10.1. The molecule has 3 atom stereocenters. The van der Waals surface area contributed by atoms with Crippen molar-refractivity contribution in [2.45, 2.75) is 24.8 Å².